The van der Waals surface area contributed by atoms with Gasteiger partial charge in [0.1, 0.15) is 0 Å². The normalized spacial score (nSPS) is 23.6. The molecule has 10 rings (SSSR count). The van der Waals surface area contributed by atoms with Crippen molar-refractivity contribution in [2.24, 2.45) is 0 Å². The first-order chi connectivity index (χ1) is 33.4. The smallest absolute Gasteiger partial charge is 0.341 e. The highest BCUT2D eigenvalue weighted by molar-refractivity contribution is 8.23. The number of nitrogens with zero attached hydrogens (tertiary/aromatic N) is 1. The van der Waals surface area contributed by atoms with E-state index in [0.717, 1.165) is 80.5 Å². The quantitative estimate of drug-likeness (QED) is 0.137. The molecule has 7 heterocycles. The number of piperidine rings is 1. The highest BCUT2D eigenvalue weighted by Crippen LogP contribution is 2.75. The number of carbonyl (C=O) groups excluding carboxylic acids is 2. The van der Waals surface area contributed by atoms with E-state index in [9.17, 15) is 29.8 Å². The third kappa shape index (κ3) is 9.98. The van der Waals surface area contributed by atoms with E-state index in [1.807, 2.05) is 27.7 Å². The van der Waals surface area contributed by atoms with E-state index in [-0.39, 0.29) is 6.04 Å². The van der Waals surface area contributed by atoms with Crippen molar-refractivity contribution in [2.75, 3.05) is 6.61 Å². The van der Waals surface area contributed by atoms with Crippen LogP contribution in [-0.4, -0.2) is 87.3 Å². The number of thioether (sulfide) groups is 12. The predicted molar refractivity (Wildman–Crippen MR) is 311 cm³/mol. The van der Waals surface area contributed by atoms with E-state index in [0.29, 0.717) is 29.5 Å². The zero-order valence-electron chi connectivity index (χ0n) is 43.5. The number of benzene rings is 3. The van der Waals surface area contributed by atoms with Gasteiger partial charge in [0.25, 0.3) is 5.91 Å². The fourth-order valence-electron chi connectivity index (χ4n) is 10.9. The second-order valence-electron chi connectivity index (χ2n) is 23.2. The van der Waals surface area contributed by atoms with Crippen LogP contribution < -0.4 is 5.32 Å². The molecular weight excluding hydrogens is 1150 g/mol. The van der Waals surface area contributed by atoms with Crippen molar-refractivity contribution in [1.29, 1.82) is 0 Å². The van der Waals surface area contributed by atoms with Gasteiger partial charge in [-0.3, -0.25) is 4.79 Å². The fraction of sp³-hybridized carbons (Fsp3) is 0.569. The number of nitrogens with one attached hydrogen (secondary N) is 1. The average Bonchev–Trinajstić information content (AvgIpc) is 4.03. The Bertz CT molecular complexity index is 2750. The summed E-state index contributed by atoms with van der Waals surface area (Å²) in [5.41, 5.74) is 2.84. The highest BCUT2D eigenvalue weighted by Gasteiger charge is 2.54. The molecule has 3 N–H and O–H groups in total. The van der Waals surface area contributed by atoms with E-state index in [1.54, 1.807) is 141 Å². The molecule has 1 saturated heterocycles. The molecule has 7 aliphatic heterocycles. The first kappa shape index (κ1) is 56.0. The number of hydrogen-bond donors (Lipinski definition) is 3. The third-order valence-electron chi connectivity index (χ3n) is 13.0. The minimum atomic E-state index is -0.955. The summed E-state index contributed by atoms with van der Waals surface area (Å²) in [7, 11) is 0. The average molecular weight is 1210 g/mol. The molecule has 0 bridgehead atoms. The second-order valence-corrected chi connectivity index (χ2v) is 44.3. The summed E-state index contributed by atoms with van der Waals surface area (Å²) in [6.45, 7) is 32.9. The molecular formula is C51H59N2O8S12. The molecule has 0 atom stereocenters. The molecule has 73 heavy (non-hydrogen) atoms. The van der Waals surface area contributed by atoms with Crippen LogP contribution in [0.25, 0.3) is 0 Å². The maximum absolute atomic E-state index is 15.1. The lowest BCUT2D eigenvalue weighted by molar-refractivity contribution is -0.290. The number of amides is 1. The molecule has 0 aliphatic carbocycles. The number of fused-ring (bicyclic) bond motifs is 6. The number of carboxylic acid groups (broad SMARTS) is 2. The minimum absolute atomic E-state index is 0.278. The third-order valence-corrected chi connectivity index (χ3v) is 30.1. The molecule has 0 spiro atoms. The first-order valence-corrected chi connectivity index (χ1v) is 33.6. The van der Waals surface area contributed by atoms with Crippen molar-refractivity contribution < 1.29 is 39.3 Å². The Labute approximate surface area is 479 Å². The summed E-state index contributed by atoms with van der Waals surface area (Å²) in [5.74, 6) is -3.46. The van der Waals surface area contributed by atoms with Gasteiger partial charge in [0, 0.05) is 81.8 Å². The van der Waals surface area contributed by atoms with Crippen molar-refractivity contribution in [2.45, 2.75) is 230 Å². The standard InChI is InChI=1S/C51H59N2O8S12/c1-44(2)17-20(18-45(3,4)53(44)60)52-21(54)19-61-43(59)28-39-33(66-50(13,14)72-39)25(34-40(28)73-51(15,16)67-34)22(23-29-35(68-46(5,6)62-29)26(41(55)56)36-30(23)63-47(7,8)69-36)24-31-37(70-48(9,10)64-31)27(42(57)58)38-32(24)65-49(11,12)71-38/h20,22H,17-19H2,1-16H3,(H,52,54)(H,55,56)(H,57,58). The van der Waals surface area contributed by atoms with Crippen molar-refractivity contribution >= 4 is 165 Å². The molecule has 10 nitrogen and oxygen atoms in total. The molecule has 393 valence electrons. The molecule has 1 amide bonds. The number of hydroxylamine groups is 2. The van der Waals surface area contributed by atoms with E-state index >= 15 is 4.79 Å². The summed E-state index contributed by atoms with van der Waals surface area (Å²) < 4.78 is 3.57. The molecule has 1 fully saturated rings. The van der Waals surface area contributed by atoms with Gasteiger partial charge in [-0.05, 0) is 140 Å². The van der Waals surface area contributed by atoms with Crippen LogP contribution in [0.4, 0.5) is 0 Å². The van der Waals surface area contributed by atoms with Gasteiger partial charge in [0.2, 0.25) is 0 Å². The van der Waals surface area contributed by atoms with Crippen LogP contribution in [0, 0.1) is 0 Å². The fourth-order valence-corrected chi connectivity index (χ4v) is 28.8. The zero-order valence-corrected chi connectivity index (χ0v) is 53.3. The van der Waals surface area contributed by atoms with E-state index in [1.165, 1.54) is 0 Å². The number of ether oxygens (including phenoxy) is 1. The lowest BCUT2D eigenvalue weighted by Crippen LogP contribution is -2.62. The summed E-state index contributed by atoms with van der Waals surface area (Å²) in [6, 6.07) is -0.278. The molecule has 7 aliphatic rings. The Kier molecular flexibility index (Phi) is 14.1. The molecule has 3 aromatic carbocycles. The largest absolute Gasteiger partial charge is 0.478 e. The maximum Gasteiger partial charge on any atom is 0.341 e. The van der Waals surface area contributed by atoms with Crippen molar-refractivity contribution in [1.82, 2.24) is 10.4 Å². The number of carbonyl (C=O) groups is 4. The molecule has 0 saturated carbocycles. The number of esters is 1. The van der Waals surface area contributed by atoms with Gasteiger partial charge in [-0.25, -0.2) is 14.4 Å². The zero-order chi connectivity index (χ0) is 53.5. The number of rotatable bonds is 9. The first-order valence-electron chi connectivity index (χ1n) is 23.8. The van der Waals surface area contributed by atoms with Crippen LogP contribution >= 0.6 is 141 Å². The van der Waals surface area contributed by atoms with E-state index < -0.39 is 71.9 Å². The number of aromatic carboxylic acids is 2. The Morgan fingerprint density at radius 1 is 0.466 bits per heavy atom. The molecule has 3 aromatic rings. The number of hydrogen-bond acceptors (Lipinski definition) is 18. The topological polar surface area (TPSA) is 153 Å². The van der Waals surface area contributed by atoms with Crippen molar-refractivity contribution in [3.05, 3.63) is 33.4 Å². The lowest BCUT2D eigenvalue weighted by Gasteiger charge is -2.49. The van der Waals surface area contributed by atoms with Crippen LogP contribution in [0.1, 0.15) is 177 Å². The molecule has 0 aromatic heterocycles. The van der Waals surface area contributed by atoms with Gasteiger partial charge in [0.15, 0.2) is 6.61 Å². The van der Waals surface area contributed by atoms with Crippen molar-refractivity contribution in [3.8, 4) is 0 Å². The van der Waals surface area contributed by atoms with Crippen LogP contribution in [-0.2, 0) is 14.7 Å². The Balaban J connectivity index is 1.25. The summed E-state index contributed by atoms with van der Waals surface area (Å²) >= 11 is 19.9. The SMILES string of the molecule is CC1(C)Sc2c(c(C(c3c4c(c(C(=O)O)c5c3SC(C)(C)S5)SC(C)(C)S4)c3c4c(c(C(=O)OCC(=O)NC5CC(C)(C)N([O])C(C)(C)C5)c5c3SC(C)(C)S5)SC(C)(C)S4)c3c(c2C(=O)O)SC(C)(C)S3)S1. The van der Waals surface area contributed by atoms with Gasteiger partial charge in [0.05, 0.1) is 41.2 Å². The Hall–Kier alpha value is -0.340. The van der Waals surface area contributed by atoms with Crippen LogP contribution in [0.5, 0.6) is 0 Å². The van der Waals surface area contributed by atoms with Gasteiger partial charge < -0.3 is 20.3 Å². The second kappa shape index (κ2) is 18.3. The van der Waals surface area contributed by atoms with Gasteiger partial charge >= 0.3 is 17.9 Å². The minimum Gasteiger partial charge on any atom is -0.478 e. The predicted octanol–water partition coefficient (Wildman–Crippen LogP) is 16.5. The molecule has 0 unspecified atom stereocenters. The lowest BCUT2D eigenvalue weighted by atomic mass is 9.79. The Morgan fingerprint density at radius 3 is 0.973 bits per heavy atom. The Morgan fingerprint density at radius 2 is 0.712 bits per heavy atom. The summed E-state index contributed by atoms with van der Waals surface area (Å²) in [6.07, 6.45) is 0.914. The van der Waals surface area contributed by atoms with Crippen LogP contribution in [0.2, 0.25) is 0 Å². The van der Waals surface area contributed by atoms with Gasteiger partial charge in [-0.2, -0.15) is 0 Å². The molecule has 22 heteroatoms. The van der Waals surface area contributed by atoms with E-state index in [2.05, 4.69) is 88.4 Å². The maximum atomic E-state index is 15.1. The van der Waals surface area contributed by atoms with Gasteiger partial charge in [-0.1, -0.05) is 0 Å². The molecule has 1 radical (unpaired) electrons. The number of carboxylic acids is 2. The summed E-state index contributed by atoms with van der Waals surface area (Å²) in [4.78, 5) is 66.6. The van der Waals surface area contributed by atoms with E-state index in [4.69, 9.17) is 4.74 Å². The van der Waals surface area contributed by atoms with Crippen molar-refractivity contribution in [3.63, 3.8) is 0 Å². The summed E-state index contributed by atoms with van der Waals surface area (Å²) in [5, 5.41) is 39.8. The van der Waals surface area contributed by atoms with Gasteiger partial charge in [-0.15, -0.1) is 151 Å². The highest BCUT2D eigenvalue weighted by atomic mass is 32.2. The van der Waals surface area contributed by atoms with Crippen LogP contribution in [0.3, 0.4) is 0 Å². The van der Waals surface area contributed by atoms with Crippen LogP contribution in [0.15, 0.2) is 58.7 Å². The monoisotopic (exact) mass is 1210 g/mol.